The van der Waals surface area contributed by atoms with Crippen molar-refractivity contribution in [3.8, 4) is 0 Å². The van der Waals surface area contributed by atoms with Gasteiger partial charge >= 0.3 is 0 Å². The van der Waals surface area contributed by atoms with Gasteiger partial charge in [-0.15, -0.1) is 10.2 Å². The lowest BCUT2D eigenvalue weighted by Crippen LogP contribution is -2.11. The molecule has 0 unspecified atom stereocenters. The Bertz CT molecular complexity index is 1140. The van der Waals surface area contributed by atoms with Gasteiger partial charge in [0.1, 0.15) is 0 Å². The highest BCUT2D eigenvalue weighted by molar-refractivity contribution is 8.03. The smallest absolute Gasteiger partial charge is 0.284 e. The van der Waals surface area contributed by atoms with Crippen molar-refractivity contribution < 1.29 is 19.4 Å². The predicted octanol–water partition coefficient (Wildman–Crippen LogP) is 2.85. The first-order valence-electron chi connectivity index (χ1n) is 8.01. The zero-order valence-corrected chi connectivity index (χ0v) is 17.5. The molecular weight excluding hydrogens is 468 g/mol. The summed E-state index contributed by atoms with van der Waals surface area (Å²) in [6.45, 7) is 0. The molecule has 0 spiro atoms. The highest BCUT2D eigenvalue weighted by atomic mass is 32.2. The molecule has 31 heavy (non-hydrogen) atoms. The first-order chi connectivity index (χ1) is 14.7. The molecular formula is C16H10N6O6S3. The fourth-order valence-corrected chi connectivity index (χ4v) is 5.37. The quantitative estimate of drug-likeness (QED) is 0.358. The van der Waals surface area contributed by atoms with Gasteiger partial charge in [-0.1, -0.05) is 34.9 Å². The van der Waals surface area contributed by atoms with Gasteiger partial charge in [0.05, 0.1) is 19.6 Å². The average Bonchev–Trinajstić information content (AvgIpc) is 3.14. The highest BCUT2D eigenvalue weighted by Gasteiger charge is 2.21. The van der Waals surface area contributed by atoms with Crippen molar-refractivity contribution in [3.05, 3.63) is 67.8 Å². The van der Waals surface area contributed by atoms with Crippen LogP contribution in [0.1, 0.15) is 20.7 Å². The molecule has 158 valence electrons. The average molecular weight is 478 g/mol. The van der Waals surface area contributed by atoms with E-state index in [2.05, 4.69) is 10.2 Å². The third-order valence-electron chi connectivity index (χ3n) is 3.66. The van der Waals surface area contributed by atoms with E-state index in [1.807, 2.05) is 0 Å². The van der Waals surface area contributed by atoms with Crippen molar-refractivity contribution >= 4 is 58.0 Å². The number of nitrogens with two attached hydrogens (primary N) is 2. The Balaban J connectivity index is 1.85. The SMILES string of the molecule is NC(=O)c1ccc(Sc2nnc(Sc3ccc(C(N)=O)cc3[N+](=O)[O-])s2)c([N+](=O)[O-])c1. The van der Waals surface area contributed by atoms with E-state index in [4.69, 9.17) is 11.5 Å². The minimum absolute atomic E-state index is 0.00345. The maximum atomic E-state index is 11.3. The number of benzene rings is 2. The van der Waals surface area contributed by atoms with Crippen LogP contribution in [0, 0.1) is 20.2 Å². The molecule has 0 fully saturated rings. The van der Waals surface area contributed by atoms with Gasteiger partial charge in [-0.05, 0) is 24.3 Å². The molecule has 3 rings (SSSR count). The molecule has 0 saturated heterocycles. The van der Waals surface area contributed by atoms with E-state index in [0.29, 0.717) is 8.68 Å². The van der Waals surface area contributed by atoms with Crippen LogP contribution in [0.5, 0.6) is 0 Å². The van der Waals surface area contributed by atoms with Gasteiger partial charge in [0.15, 0.2) is 8.68 Å². The molecule has 0 radical (unpaired) electrons. The van der Waals surface area contributed by atoms with Crippen LogP contribution in [-0.4, -0.2) is 31.9 Å². The van der Waals surface area contributed by atoms with Gasteiger partial charge in [-0.2, -0.15) is 0 Å². The van der Waals surface area contributed by atoms with E-state index in [1.165, 1.54) is 24.3 Å². The zero-order valence-electron chi connectivity index (χ0n) is 15.1. The molecule has 2 amide bonds. The number of rotatable bonds is 8. The first kappa shape index (κ1) is 22.1. The highest BCUT2D eigenvalue weighted by Crippen LogP contribution is 2.41. The Labute approximate surface area is 185 Å². The molecule has 0 aliphatic heterocycles. The molecule has 1 heterocycles. The zero-order chi connectivity index (χ0) is 22.7. The fourth-order valence-electron chi connectivity index (χ4n) is 2.27. The lowest BCUT2D eigenvalue weighted by molar-refractivity contribution is -0.387. The van der Waals surface area contributed by atoms with Gasteiger partial charge in [0.25, 0.3) is 11.4 Å². The molecule has 1 aromatic heterocycles. The molecule has 15 heteroatoms. The number of hydrogen-bond acceptors (Lipinski definition) is 11. The number of carbonyl (C=O) groups excluding carboxylic acids is 2. The van der Waals surface area contributed by atoms with Crippen LogP contribution in [0.4, 0.5) is 11.4 Å². The number of nitrogens with zero attached hydrogens (tertiary/aromatic N) is 4. The summed E-state index contributed by atoms with van der Waals surface area (Å²) in [5, 5.41) is 30.5. The van der Waals surface area contributed by atoms with Crippen molar-refractivity contribution in [1.82, 2.24) is 10.2 Å². The molecule has 0 saturated carbocycles. The van der Waals surface area contributed by atoms with E-state index in [9.17, 15) is 29.8 Å². The maximum Gasteiger partial charge on any atom is 0.284 e. The lowest BCUT2D eigenvalue weighted by atomic mass is 10.2. The molecule has 3 aromatic rings. The van der Waals surface area contributed by atoms with E-state index in [1.54, 1.807) is 0 Å². The Morgan fingerprint density at radius 1 is 0.806 bits per heavy atom. The second-order valence-corrected chi connectivity index (χ2v) is 9.20. The van der Waals surface area contributed by atoms with Crippen molar-refractivity contribution in [2.75, 3.05) is 0 Å². The van der Waals surface area contributed by atoms with Gasteiger partial charge < -0.3 is 11.5 Å². The van der Waals surface area contributed by atoms with E-state index >= 15 is 0 Å². The second kappa shape index (κ2) is 9.07. The summed E-state index contributed by atoms with van der Waals surface area (Å²) in [6.07, 6.45) is 0. The number of aromatic nitrogens is 2. The van der Waals surface area contributed by atoms with E-state index in [0.717, 1.165) is 47.0 Å². The van der Waals surface area contributed by atoms with Gasteiger partial charge in [-0.25, -0.2) is 0 Å². The van der Waals surface area contributed by atoms with Crippen LogP contribution in [0.25, 0.3) is 0 Å². The molecule has 0 atom stereocenters. The normalized spacial score (nSPS) is 10.6. The van der Waals surface area contributed by atoms with E-state index < -0.39 is 21.7 Å². The molecule has 2 aromatic carbocycles. The van der Waals surface area contributed by atoms with E-state index in [-0.39, 0.29) is 32.3 Å². The summed E-state index contributed by atoms with van der Waals surface area (Å²) in [4.78, 5) is 44.3. The predicted molar refractivity (Wildman–Crippen MR) is 111 cm³/mol. The number of nitro benzene ring substituents is 2. The number of primary amides is 2. The summed E-state index contributed by atoms with van der Waals surface area (Å²) in [5.74, 6) is -1.59. The molecule has 12 nitrogen and oxygen atoms in total. The Kier molecular flexibility index (Phi) is 6.47. The van der Waals surface area contributed by atoms with Gasteiger partial charge in [0.2, 0.25) is 11.8 Å². The second-order valence-electron chi connectivity index (χ2n) is 5.65. The molecule has 0 bridgehead atoms. The topological polar surface area (TPSA) is 198 Å². The first-order valence-corrected chi connectivity index (χ1v) is 10.5. The van der Waals surface area contributed by atoms with Crippen LogP contribution in [-0.2, 0) is 0 Å². The number of amides is 2. The third kappa shape index (κ3) is 5.14. The van der Waals surface area contributed by atoms with Crippen molar-refractivity contribution in [2.45, 2.75) is 18.5 Å². The van der Waals surface area contributed by atoms with Crippen LogP contribution in [0.3, 0.4) is 0 Å². The van der Waals surface area contributed by atoms with Crippen LogP contribution < -0.4 is 11.5 Å². The largest absolute Gasteiger partial charge is 0.366 e. The van der Waals surface area contributed by atoms with Crippen molar-refractivity contribution in [1.29, 1.82) is 0 Å². The van der Waals surface area contributed by atoms with Gasteiger partial charge in [-0.3, -0.25) is 29.8 Å². The van der Waals surface area contributed by atoms with Gasteiger partial charge in [0, 0.05) is 23.3 Å². The van der Waals surface area contributed by atoms with Crippen LogP contribution in [0.2, 0.25) is 0 Å². The molecule has 0 aliphatic rings. The van der Waals surface area contributed by atoms with Crippen LogP contribution in [0.15, 0.2) is 54.9 Å². The fraction of sp³-hybridized carbons (Fsp3) is 0. The molecule has 0 aliphatic carbocycles. The van der Waals surface area contributed by atoms with Crippen molar-refractivity contribution in [3.63, 3.8) is 0 Å². The van der Waals surface area contributed by atoms with Crippen LogP contribution >= 0.6 is 34.9 Å². The maximum absolute atomic E-state index is 11.3. The van der Waals surface area contributed by atoms with Crippen molar-refractivity contribution in [2.24, 2.45) is 11.5 Å². The summed E-state index contributed by atoms with van der Waals surface area (Å²) >= 11 is 2.97. The monoisotopic (exact) mass is 478 g/mol. The Hall–Kier alpha value is -3.56. The summed E-state index contributed by atoms with van der Waals surface area (Å²) in [6, 6.07) is 7.63. The number of hydrogen-bond donors (Lipinski definition) is 2. The lowest BCUT2D eigenvalue weighted by Gasteiger charge is -2.02. The Morgan fingerprint density at radius 3 is 1.52 bits per heavy atom. The summed E-state index contributed by atoms with van der Waals surface area (Å²) in [7, 11) is 0. The minimum Gasteiger partial charge on any atom is -0.366 e. The Morgan fingerprint density at radius 2 is 1.19 bits per heavy atom. The standard InChI is InChI=1S/C16H10N6O6S3/c17-13(23)7-1-3-11(9(5-7)21(25)26)29-15-19-20-16(31-15)30-12-4-2-8(14(18)24)6-10(12)22(27)28/h1-6H,(H2,17,23)(H2,18,24). The third-order valence-corrected chi connectivity index (χ3v) is 6.82. The number of nitro groups is 2. The number of carbonyl (C=O) groups is 2. The summed E-state index contributed by atoms with van der Waals surface area (Å²) < 4.78 is 0.683. The summed E-state index contributed by atoms with van der Waals surface area (Å²) in [5.41, 5.74) is 9.67. The molecule has 4 N–H and O–H groups in total. The minimum atomic E-state index is -0.793.